The number of nitrogens with one attached hydrogen (secondary N) is 1. The molecule has 0 unspecified atom stereocenters. The van der Waals surface area contributed by atoms with Gasteiger partial charge in [0.1, 0.15) is 11.6 Å². The number of H-pyrrole nitrogens is 1. The zero-order valence-corrected chi connectivity index (χ0v) is 11.2. The molecule has 0 aliphatic carbocycles. The maximum atomic E-state index is 13.1. The molecule has 0 amide bonds. The number of hydrogen-bond acceptors (Lipinski definition) is 2. The second-order valence-corrected chi connectivity index (χ2v) is 4.76. The minimum absolute atomic E-state index is 0.228. The van der Waals surface area contributed by atoms with Crippen LogP contribution in [-0.4, -0.2) is 9.97 Å². The van der Waals surface area contributed by atoms with Crippen LogP contribution in [0.2, 0.25) is 0 Å². The predicted molar refractivity (Wildman–Crippen MR) is 68.0 cm³/mol. The summed E-state index contributed by atoms with van der Waals surface area (Å²) in [5.74, 6) is -1.17. The third kappa shape index (κ3) is 2.94. The fraction of sp³-hybridized carbons (Fsp3) is 0.0909. The van der Waals surface area contributed by atoms with Crippen LogP contribution in [0.3, 0.4) is 0 Å². The highest BCUT2D eigenvalue weighted by atomic mass is 127. The van der Waals surface area contributed by atoms with Crippen LogP contribution in [0.1, 0.15) is 5.56 Å². The Labute approximate surface area is 117 Å². The third-order valence-corrected chi connectivity index (χ3v) is 3.07. The maximum absolute atomic E-state index is 13.1. The molecule has 0 atom stereocenters. The molecular formula is C11H5F4IN2O. The van der Waals surface area contributed by atoms with Crippen LogP contribution in [0.15, 0.2) is 29.2 Å². The summed E-state index contributed by atoms with van der Waals surface area (Å²) in [5.41, 5.74) is -2.14. The average molecular weight is 384 g/mol. The summed E-state index contributed by atoms with van der Waals surface area (Å²) in [5, 5.41) is 0. The summed E-state index contributed by atoms with van der Waals surface area (Å²) in [7, 11) is 0. The fourth-order valence-electron chi connectivity index (χ4n) is 1.48. The molecule has 0 saturated heterocycles. The van der Waals surface area contributed by atoms with Gasteiger partial charge in [-0.05, 0) is 40.8 Å². The normalized spacial score (nSPS) is 11.6. The van der Waals surface area contributed by atoms with Gasteiger partial charge < -0.3 is 4.98 Å². The van der Waals surface area contributed by atoms with E-state index < -0.39 is 28.7 Å². The van der Waals surface area contributed by atoms with Gasteiger partial charge in [0.05, 0.1) is 9.13 Å². The quantitative estimate of drug-likeness (QED) is 0.607. The van der Waals surface area contributed by atoms with Gasteiger partial charge in [-0.15, -0.1) is 0 Å². The monoisotopic (exact) mass is 384 g/mol. The first kappa shape index (κ1) is 14.0. The van der Waals surface area contributed by atoms with Gasteiger partial charge in [0.25, 0.3) is 5.56 Å². The van der Waals surface area contributed by atoms with Gasteiger partial charge in [-0.2, -0.15) is 13.2 Å². The molecule has 0 saturated carbocycles. The molecule has 3 nitrogen and oxygen atoms in total. The molecule has 0 aliphatic rings. The molecule has 100 valence electrons. The van der Waals surface area contributed by atoms with E-state index in [9.17, 15) is 22.4 Å². The lowest BCUT2D eigenvalue weighted by Crippen LogP contribution is -2.14. The van der Waals surface area contributed by atoms with Crippen molar-refractivity contribution >= 4 is 22.6 Å². The molecule has 19 heavy (non-hydrogen) atoms. The second kappa shape index (κ2) is 4.91. The summed E-state index contributed by atoms with van der Waals surface area (Å²) in [4.78, 5) is 17.3. The van der Waals surface area contributed by atoms with Gasteiger partial charge in [-0.3, -0.25) is 4.79 Å². The van der Waals surface area contributed by atoms with E-state index in [1.54, 1.807) is 22.6 Å². The highest BCUT2D eigenvalue weighted by Gasteiger charge is 2.34. The van der Waals surface area contributed by atoms with Gasteiger partial charge in [0, 0.05) is 11.8 Å². The van der Waals surface area contributed by atoms with Crippen LogP contribution in [-0.2, 0) is 6.18 Å². The molecule has 0 bridgehead atoms. The van der Waals surface area contributed by atoms with Gasteiger partial charge >= 0.3 is 6.18 Å². The van der Waals surface area contributed by atoms with Gasteiger partial charge in [0.2, 0.25) is 0 Å². The number of halogens is 5. The van der Waals surface area contributed by atoms with Crippen molar-refractivity contribution in [1.82, 2.24) is 9.97 Å². The predicted octanol–water partition coefficient (Wildman–Crippen LogP) is 3.20. The van der Waals surface area contributed by atoms with Crippen molar-refractivity contribution in [3.05, 3.63) is 49.7 Å². The number of alkyl halides is 3. The summed E-state index contributed by atoms with van der Waals surface area (Å²) < 4.78 is 51.7. The van der Waals surface area contributed by atoms with E-state index in [2.05, 4.69) is 9.97 Å². The Morgan fingerprint density at radius 2 is 1.95 bits per heavy atom. The van der Waals surface area contributed by atoms with E-state index >= 15 is 0 Å². The lowest BCUT2D eigenvalue weighted by atomic mass is 10.1. The Hall–Kier alpha value is -1.45. The average Bonchev–Trinajstić information content (AvgIpc) is 2.31. The first-order chi connectivity index (χ1) is 8.79. The molecule has 1 aromatic carbocycles. The smallest absolute Gasteiger partial charge is 0.306 e. The number of benzene rings is 1. The minimum Gasteiger partial charge on any atom is -0.306 e. The number of rotatable bonds is 1. The lowest BCUT2D eigenvalue weighted by Gasteiger charge is -2.12. The maximum Gasteiger partial charge on any atom is 0.417 e. The van der Waals surface area contributed by atoms with Crippen molar-refractivity contribution in [2.24, 2.45) is 0 Å². The molecule has 1 heterocycles. The molecule has 2 aromatic rings. The molecule has 0 fully saturated rings. The van der Waals surface area contributed by atoms with Crippen LogP contribution < -0.4 is 5.56 Å². The van der Waals surface area contributed by atoms with Crippen LogP contribution in [0, 0.1) is 9.39 Å². The van der Waals surface area contributed by atoms with Gasteiger partial charge in [0.15, 0.2) is 0 Å². The van der Waals surface area contributed by atoms with Crippen molar-refractivity contribution < 1.29 is 17.6 Å². The second-order valence-electron chi connectivity index (χ2n) is 3.60. The van der Waals surface area contributed by atoms with Crippen molar-refractivity contribution in [1.29, 1.82) is 0 Å². The Balaban J connectivity index is 2.70. The molecule has 0 spiro atoms. The minimum atomic E-state index is -4.66. The summed E-state index contributed by atoms with van der Waals surface area (Å²) in [6.45, 7) is 0. The molecule has 2 rings (SSSR count). The van der Waals surface area contributed by atoms with Crippen LogP contribution in [0.25, 0.3) is 11.4 Å². The van der Waals surface area contributed by atoms with E-state index in [4.69, 9.17) is 0 Å². The van der Waals surface area contributed by atoms with Crippen LogP contribution in [0.4, 0.5) is 17.6 Å². The topological polar surface area (TPSA) is 45.8 Å². The lowest BCUT2D eigenvalue weighted by molar-refractivity contribution is -0.137. The molecule has 0 aliphatic heterocycles. The Morgan fingerprint density at radius 1 is 1.26 bits per heavy atom. The standard InChI is InChI=1S/C11H5F4IN2O/c12-5-1-2-7(11(13,14)15)6(3-5)9-17-4-8(16)10(19)18-9/h1-4H,(H,17,18,19). The molecule has 1 aromatic heterocycles. The van der Waals surface area contributed by atoms with Crippen molar-refractivity contribution in [2.75, 3.05) is 0 Å². The first-order valence-electron chi connectivity index (χ1n) is 4.91. The Morgan fingerprint density at radius 3 is 2.53 bits per heavy atom. The van der Waals surface area contributed by atoms with Crippen LogP contribution >= 0.6 is 22.6 Å². The number of aromatic nitrogens is 2. The van der Waals surface area contributed by atoms with Gasteiger partial charge in [-0.25, -0.2) is 9.37 Å². The highest BCUT2D eigenvalue weighted by molar-refractivity contribution is 14.1. The number of nitrogens with zero attached hydrogens (tertiary/aromatic N) is 1. The molecule has 8 heteroatoms. The Kier molecular flexibility index (Phi) is 3.61. The number of hydrogen-bond donors (Lipinski definition) is 1. The summed E-state index contributed by atoms with van der Waals surface area (Å²) in [6.07, 6.45) is -3.54. The largest absolute Gasteiger partial charge is 0.417 e. The van der Waals surface area contributed by atoms with E-state index in [0.717, 1.165) is 6.20 Å². The molecular weight excluding hydrogens is 379 g/mol. The Bertz CT molecular complexity index is 681. The van der Waals surface area contributed by atoms with Crippen LogP contribution in [0.5, 0.6) is 0 Å². The van der Waals surface area contributed by atoms with Crippen molar-refractivity contribution in [2.45, 2.75) is 6.18 Å². The van der Waals surface area contributed by atoms with Crippen molar-refractivity contribution in [3.63, 3.8) is 0 Å². The summed E-state index contributed by atoms with van der Waals surface area (Å²) in [6, 6.07) is 2.01. The number of aromatic amines is 1. The highest BCUT2D eigenvalue weighted by Crippen LogP contribution is 2.35. The summed E-state index contributed by atoms with van der Waals surface area (Å²) >= 11 is 1.69. The van der Waals surface area contributed by atoms with E-state index in [-0.39, 0.29) is 9.39 Å². The van der Waals surface area contributed by atoms with E-state index in [0.29, 0.717) is 18.2 Å². The van der Waals surface area contributed by atoms with Gasteiger partial charge in [-0.1, -0.05) is 0 Å². The molecule has 0 radical (unpaired) electrons. The van der Waals surface area contributed by atoms with E-state index in [1.165, 1.54) is 0 Å². The molecule has 1 N–H and O–H groups in total. The zero-order valence-electron chi connectivity index (χ0n) is 9.05. The van der Waals surface area contributed by atoms with Crippen molar-refractivity contribution in [3.8, 4) is 11.4 Å². The fourth-order valence-corrected chi connectivity index (χ4v) is 1.75. The van der Waals surface area contributed by atoms with E-state index in [1.807, 2.05) is 0 Å². The SMILES string of the molecule is O=c1[nH]c(-c2cc(F)ccc2C(F)(F)F)ncc1I. The first-order valence-corrected chi connectivity index (χ1v) is 5.99. The zero-order chi connectivity index (χ0) is 14.2. The third-order valence-electron chi connectivity index (χ3n) is 2.30.